The van der Waals surface area contributed by atoms with Crippen LogP contribution in [0.15, 0.2) is 0 Å². The number of hydrogen-bond acceptors (Lipinski definition) is 0. The average molecular weight is 250 g/mol. The van der Waals surface area contributed by atoms with Gasteiger partial charge in [0, 0.05) is 4.83 Å². The van der Waals surface area contributed by atoms with E-state index >= 15 is 0 Å². The summed E-state index contributed by atoms with van der Waals surface area (Å²) in [6.07, 6.45) is 2.38. The molecule has 0 aliphatic rings. The van der Waals surface area contributed by atoms with E-state index in [0.717, 1.165) is 6.04 Å². The normalized spacial score (nSPS) is 14.3. The molecule has 0 rings (SSSR count). The van der Waals surface area contributed by atoms with Crippen LogP contribution in [0.2, 0.25) is 6.04 Å². The lowest BCUT2D eigenvalue weighted by Gasteiger charge is -2.05. The third-order valence-corrected chi connectivity index (χ3v) is 4.55. The molecule has 0 fully saturated rings. The summed E-state index contributed by atoms with van der Waals surface area (Å²) < 4.78 is 0. The second-order valence-electron chi connectivity index (χ2n) is 2.01. The maximum absolute atomic E-state index is 5.68. The largest absolute Gasteiger partial charge is 0.238 e. The Labute approximate surface area is 76.1 Å². The third-order valence-electron chi connectivity index (χ3n) is 1.04. The molecule has 0 radical (unpaired) electrons. The molecule has 1 unspecified atom stereocenters. The van der Waals surface area contributed by atoms with Crippen molar-refractivity contribution in [2.24, 2.45) is 0 Å². The van der Waals surface area contributed by atoms with Gasteiger partial charge in [0.2, 0.25) is 7.42 Å². The van der Waals surface area contributed by atoms with Gasteiger partial charge < -0.3 is 0 Å². The highest BCUT2D eigenvalue weighted by Crippen LogP contribution is 2.17. The second kappa shape index (κ2) is 6.02. The molecule has 0 nitrogen and oxygen atoms in total. The topological polar surface area (TPSA) is 0 Å². The van der Waals surface area contributed by atoms with E-state index in [2.05, 4.69) is 22.9 Å². The summed E-state index contributed by atoms with van der Waals surface area (Å²) >= 11 is 14.9. The van der Waals surface area contributed by atoms with Crippen LogP contribution in [0.4, 0.5) is 0 Å². The molecule has 0 aromatic heterocycles. The highest BCUT2D eigenvalue weighted by molar-refractivity contribution is 9.09. The first kappa shape index (κ1) is 10.3. The fraction of sp³-hybridized carbons (Fsp3) is 1.00. The van der Waals surface area contributed by atoms with Crippen LogP contribution in [0, 0.1) is 0 Å². The molecule has 9 heavy (non-hydrogen) atoms. The highest BCUT2D eigenvalue weighted by atomic mass is 79.9. The molecule has 0 aliphatic carbocycles. The molecule has 0 amide bonds. The van der Waals surface area contributed by atoms with Gasteiger partial charge in [-0.15, -0.1) is 0 Å². The van der Waals surface area contributed by atoms with Gasteiger partial charge in [-0.1, -0.05) is 29.3 Å². The van der Waals surface area contributed by atoms with Gasteiger partial charge in [0.1, 0.15) is 0 Å². The van der Waals surface area contributed by atoms with E-state index in [1.54, 1.807) is 0 Å². The van der Waals surface area contributed by atoms with Crippen molar-refractivity contribution in [1.29, 1.82) is 0 Å². The molecule has 0 bridgehead atoms. The van der Waals surface area contributed by atoms with E-state index in [4.69, 9.17) is 22.2 Å². The van der Waals surface area contributed by atoms with Crippen molar-refractivity contribution in [2.45, 2.75) is 30.6 Å². The molecule has 0 aromatic carbocycles. The molecule has 0 N–H and O–H groups in total. The molecule has 0 spiro atoms. The summed E-state index contributed by atoms with van der Waals surface area (Å²) in [5, 5.41) is 0. The molecule has 1 atom stereocenters. The Hall–Kier alpha value is 1.28. The van der Waals surface area contributed by atoms with E-state index in [9.17, 15) is 0 Å². The smallest absolute Gasteiger partial charge is 0.150 e. The Morgan fingerprint density at radius 1 is 1.56 bits per heavy atom. The van der Waals surface area contributed by atoms with Crippen LogP contribution in [-0.2, 0) is 0 Å². The molecule has 4 heteroatoms. The Morgan fingerprint density at radius 2 is 2.11 bits per heavy atom. The zero-order valence-corrected chi connectivity index (χ0v) is 9.66. The van der Waals surface area contributed by atoms with Crippen LogP contribution in [-0.4, -0.2) is 12.2 Å². The quantitative estimate of drug-likeness (QED) is 0.408. The summed E-state index contributed by atoms with van der Waals surface area (Å²) in [7, 11) is -1.36. The predicted octanol–water partition coefficient (Wildman–Crippen LogP) is 3.25. The van der Waals surface area contributed by atoms with Crippen molar-refractivity contribution in [1.82, 2.24) is 0 Å². The number of rotatable bonds is 4. The lowest BCUT2D eigenvalue weighted by molar-refractivity contribution is 0.794. The number of hydrogen-bond donors (Lipinski definition) is 0. The van der Waals surface area contributed by atoms with E-state index in [0.29, 0.717) is 4.83 Å². The van der Waals surface area contributed by atoms with Crippen LogP contribution >= 0.6 is 38.1 Å². The van der Waals surface area contributed by atoms with Crippen LogP contribution in [0.5, 0.6) is 0 Å². The fourth-order valence-corrected chi connectivity index (χ4v) is 5.41. The maximum Gasteiger partial charge on any atom is 0.238 e. The predicted molar refractivity (Wildman–Crippen MR) is 51.3 cm³/mol. The van der Waals surface area contributed by atoms with Crippen molar-refractivity contribution in [3.63, 3.8) is 0 Å². The summed E-state index contributed by atoms with van der Waals surface area (Å²) in [6, 6.07) is 0.983. The lowest BCUT2D eigenvalue weighted by Crippen LogP contribution is -2.03. The Morgan fingerprint density at radius 3 is 2.44 bits per heavy atom. The van der Waals surface area contributed by atoms with Crippen LogP contribution < -0.4 is 0 Å². The minimum Gasteiger partial charge on any atom is -0.150 e. The molecular formula is C5H11BrCl2Si. The summed E-state index contributed by atoms with van der Waals surface area (Å²) in [6.45, 7) is 2.16. The van der Waals surface area contributed by atoms with Crippen molar-refractivity contribution < 1.29 is 0 Å². The third kappa shape index (κ3) is 7.17. The van der Waals surface area contributed by atoms with Crippen LogP contribution in [0.3, 0.4) is 0 Å². The number of halogens is 3. The van der Waals surface area contributed by atoms with Crippen molar-refractivity contribution in [3.8, 4) is 0 Å². The molecular weight excluding hydrogens is 239 g/mol. The highest BCUT2D eigenvalue weighted by Gasteiger charge is 2.09. The molecule has 0 aromatic rings. The van der Waals surface area contributed by atoms with Crippen molar-refractivity contribution >= 4 is 45.5 Å². The first-order chi connectivity index (χ1) is 4.16. The van der Waals surface area contributed by atoms with Gasteiger partial charge in [0.05, 0.1) is 0 Å². The van der Waals surface area contributed by atoms with Gasteiger partial charge in [-0.2, -0.15) is 22.2 Å². The van der Waals surface area contributed by atoms with E-state index < -0.39 is 7.42 Å². The summed E-state index contributed by atoms with van der Waals surface area (Å²) in [4.78, 5) is 0.550. The average Bonchev–Trinajstić information content (AvgIpc) is 1.63. The maximum atomic E-state index is 5.68. The van der Waals surface area contributed by atoms with E-state index in [-0.39, 0.29) is 0 Å². The SMILES string of the molecule is CCCC(Br)C[SiH](Cl)Cl. The van der Waals surface area contributed by atoms with Gasteiger partial charge in [0.15, 0.2) is 0 Å². The monoisotopic (exact) mass is 248 g/mol. The van der Waals surface area contributed by atoms with E-state index in [1.807, 2.05) is 0 Å². The van der Waals surface area contributed by atoms with Gasteiger partial charge in [-0.25, -0.2) is 0 Å². The zero-order valence-electron chi connectivity index (χ0n) is 5.41. The van der Waals surface area contributed by atoms with Gasteiger partial charge in [-0.3, -0.25) is 0 Å². The minimum absolute atomic E-state index is 0.550. The lowest BCUT2D eigenvalue weighted by atomic mass is 10.3. The molecule has 0 saturated carbocycles. The molecule has 0 aliphatic heterocycles. The second-order valence-corrected chi connectivity index (χ2v) is 8.39. The minimum atomic E-state index is -1.36. The molecule has 56 valence electrons. The standard InChI is InChI=1S/C5H11BrCl2Si/c1-2-3-5(6)4-9(7)8/h5,9H,2-4H2,1H3. The number of alkyl halides is 1. The van der Waals surface area contributed by atoms with Crippen molar-refractivity contribution in [3.05, 3.63) is 0 Å². The van der Waals surface area contributed by atoms with Crippen LogP contribution in [0.1, 0.15) is 19.8 Å². The van der Waals surface area contributed by atoms with Gasteiger partial charge in [-0.05, 0) is 12.5 Å². The van der Waals surface area contributed by atoms with Crippen molar-refractivity contribution in [2.75, 3.05) is 0 Å². The Balaban J connectivity index is 3.15. The Bertz CT molecular complexity index is 70.0. The summed E-state index contributed by atoms with van der Waals surface area (Å²) in [5.74, 6) is 0. The van der Waals surface area contributed by atoms with Gasteiger partial charge >= 0.3 is 0 Å². The molecule has 0 heterocycles. The summed E-state index contributed by atoms with van der Waals surface area (Å²) in [5.41, 5.74) is 0. The first-order valence-electron chi connectivity index (χ1n) is 3.09. The zero-order chi connectivity index (χ0) is 7.28. The first-order valence-corrected chi connectivity index (χ1v) is 8.31. The van der Waals surface area contributed by atoms with Gasteiger partial charge in [0.25, 0.3) is 0 Å². The molecule has 0 saturated heterocycles. The van der Waals surface area contributed by atoms with E-state index in [1.165, 1.54) is 12.8 Å². The fourth-order valence-electron chi connectivity index (χ4n) is 0.624. The van der Waals surface area contributed by atoms with Crippen LogP contribution in [0.25, 0.3) is 0 Å². The Kier molecular flexibility index (Phi) is 6.87.